The van der Waals surface area contributed by atoms with Gasteiger partial charge >= 0.3 is 0 Å². The van der Waals surface area contributed by atoms with Crippen LogP contribution in [0.15, 0.2) is 0 Å². The molecule has 2 N–H and O–H groups in total. The molecular formula is C11H22N2S. The number of nitrogens with two attached hydrogens (primary N) is 1. The molecule has 2 nitrogen and oxygen atoms in total. The summed E-state index contributed by atoms with van der Waals surface area (Å²) < 4.78 is 0. The van der Waals surface area contributed by atoms with Gasteiger partial charge in [0.1, 0.15) is 0 Å². The van der Waals surface area contributed by atoms with E-state index in [0.29, 0.717) is 4.99 Å². The molecule has 0 bridgehead atoms. The lowest BCUT2D eigenvalue weighted by molar-refractivity contribution is 0.316. The molecular weight excluding hydrogens is 192 g/mol. The average Bonchev–Trinajstić information content (AvgIpc) is 2.60. The molecule has 1 heterocycles. The Bertz CT molecular complexity index is 182. The third kappa shape index (κ3) is 4.38. The minimum atomic E-state index is 0.665. The molecule has 1 saturated heterocycles. The molecule has 0 saturated carbocycles. The van der Waals surface area contributed by atoms with Crippen LogP contribution < -0.4 is 5.73 Å². The van der Waals surface area contributed by atoms with Crippen LogP contribution in [-0.4, -0.2) is 29.5 Å². The van der Waals surface area contributed by atoms with Gasteiger partial charge in [0.05, 0.1) is 4.99 Å². The summed E-state index contributed by atoms with van der Waals surface area (Å²) >= 11 is 4.85. The summed E-state index contributed by atoms with van der Waals surface area (Å²) in [5.74, 6) is 0.950. The van der Waals surface area contributed by atoms with E-state index in [2.05, 4.69) is 11.8 Å². The van der Waals surface area contributed by atoms with Crippen molar-refractivity contribution in [1.82, 2.24) is 4.90 Å². The average molecular weight is 214 g/mol. The Morgan fingerprint density at radius 1 is 1.50 bits per heavy atom. The predicted octanol–water partition coefficient (Wildman–Crippen LogP) is 2.17. The van der Waals surface area contributed by atoms with Crippen LogP contribution in [0.25, 0.3) is 0 Å². The number of hydrogen-bond acceptors (Lipinski definition) is 2. The zero-order valence-electron chi connectivity index (χ0n) is 9.17. The fraction of sp³-hybridized carbons (Fsp3) is 0.909. The van der Waals surface area contributed by atoms with Gasteiger partial charge < -0.3 is 10.6 Å². The second kappa shape index (κ2) is 6.36. The van der Waals surface area contributed by atoms with Crippen LogP contribution in [0.5, 0.6) is 0 Å². The molecule has 1 unspecified atom stereocenters. The monoisotopic (exact) mass is 214 g/mol. The first-order valence-corrected chi connectivity index (χ1v) is 6.14. The summed E-state index contributed by atoms with van der Waals surface area (Å²) in [6, 6.07) is 0. The minimum absolute atomic E-state index is 0.665. The zero-order chi connectivity index (χ0) is 10.4. The van der Waals surface area contributed by atoms with Crippen molar-refractivity contribution in [3.8, 4) is 0 Å². The third-order valence-corrected chi connectivity index (χ3v) is 3.30. The standard InChI is InChI=1S/C11H22N2S/c1-2-10-6-8-13(9-10)7-4-3-5-11(12)14/h10H,2-9H2,1H3,(H2,12,14). The molecule has 0 spiro atoms. The highest BCUT2D eigenvalue weighted by atomic mass is 32.1. The van der Waals surface area contributed by atoms with Crippen LogP contribution in [-0.2, 0) is 0 Å². The Morgan fingerprint density at radius 2 is 2.29 bits per heavy atom. The van der Waals surface area contributed by atoms with Crippen LogP contribution >= 0.6 is 12.2 Å². The molecule has 1 fully saturated rings. The first-order chi connectivity index (χ1) is 6.72. The van der Waals surface area contributed by atoms with E-state index in [9.17, 15) is 0 Å². The summed E-state index contributed by atoms with van der Waals surface area (Å²) in [5.41, 5.74) is 5.45. The Hall–Kier alpha value is -0.150. The molecule has 0 aromatic heterocycles. The SMILES string of the molecule is CCC1CCN(CCCCC(N)=S)C1. The van der Waals surface area contributed by atoms with Crippen molar-refractivity contribution < 1.29 is 0 Å². The van der Waals surface area contributed by atoms with Crippen molar-refractivity contribution >= 4 is 17.2 Å². The molecule has 1 atom stereocenters. The van der Waals surface area contributed by atoms with E-state index in [1.807, 2.05) is 0 Å². The first-order valence-electron chi connectivity index (χ1n) is 5.73. The quantitative estimate of drug-likeness (QED) is 0.543. The molecule has 0 aromatic carbocycles. The van der Waals surface area contributed by atoms with Gasteiger partial charge in [-0.25, -0.2) is 0 Å². The summed E-state index contributed by atoms with van der Waals surface area (Å²) in [5, 5.41) is 0. The van der Waals surface area contributed by atoms with Crippen molar-refractivity contribution in [2.75, 3.05) is 19.6 Å². The van der Waals surface area contributed by atoms with Crippen LogP contribution in [0.2, 0.25) is 0 Å². The highest BCUT2D eigenvalue weighted by Gasteiger charge is 2.19. The molecule has 14 heavy (non-hydrogen) atoms. The summed E-state index contributed by atoms with van der Waals surface area (Å²) in [6.45, 7) is 6.13. The van der Waals surface area contributed by atoms with Crippen LogP contribution in [0.3, 0.4) is 0 Å². The fourth-order valence-electron chi connectivity index (χ4n) is 2.08. The van der Waals surface area contributed by atoms with Crippen molar-refractivity contribution in [1.29, 1.82) is 0 Å². The van der Waals surface area contributed by atoms with Gasteiger partial charge in [-0.3, -0.25) is 0 Å². The van der Waals surface area contributed by atoms with E-state index in [4.69, 9.17) is 18.0 Å². The summed E-state index contributed by atoms with van der Waals surface area (Å²) in [7, 11) is 0. The maximum Gasteiger partial charge on any atom is 0.0727 e. The normalized spacial score (nSPS) is 22.8. The topological polar surface area (TPSA) is 29.3 Å². The lowest BCUT2D eigenvalue weighted by atomic mass is 10.1. The van der Waals surface area contributed by atoms with E-state index in [1.165, 1.54) is 38.9 Å². The second-order valence-electron chi connectivity index (χ2n) is 4.29. The van der Waals surface area contributed by atoms with E-state index in [-0.39, 0.29) is 0 Å². The predicted molar refractivity (Wildman–Crippen MR) is 65.5 cm³/mol. The number of thiocarbonyl (C=S) groups is 1. The van der Waals surface area contributed by atoms with Crippen LogP contribution in [0.1, 0.15) is 39.0 Å². The minimum Gasteiger partial charge on any atom is -0.393 e. The Kier molecular flexibility index (Phi) is 5.41. The number of unbranched alkanes of at least 4 members (excludes halogenated alkanes) is 1. The molecule has 1 rings (SSSR count). The molecule has 0 aliphatic carbocycles. The lowest BCUT2D eigenvalue weighted by Gasteiger charge is -2.15. The van der Waals surface area contributed by atoms with Gasteiger partial charge in [0, 0.05) is 6.54 Å². The summed E-state index contributed by atoms with van der Waals surface area (Å²) in [4.78, 5) is 3.24. The molecule has 0 amide bonds. The Balaban J connectivity index is 2.00. The largest absolute Gasteiger partial charge is 0.393 e. The molecule has 3 heteroatoms. The maximum atomic E-state index is 5.45. The summed E-state index contributed by atoms with van der Waals surface area (Å²) in [6.07, 6.45) is 6.05. The number of hydrogen-bond donors (Lipinski definition) is 1. The van der Waals surface area contributed by atoms with Gasteiger partial charge in [0.15, 0.2) is 0 Å². The van der Waals surface area contributed by atoms with Gasteiger partial charge in [-0.1, -0.05) is 25.6 Å². The van der Waals surface area contributed by atoms with Gasteiger partial charge in [0.2, 0.25) is 0 Å². The second-order valence-corrected chi connectivity index (χ2v) is 4.81. The van der Waals surface area contributed by atoms with Crippen molar-refractivity contribution in [3.05, 3.63) is 0 Å². The van der Waals surface area contributed by atoms with E-state index < -0.39 is 0 Å². The van der Waals surface area contributed by atoms with Crippen LogP contribution in [0, 0.1) is 5.92 Å². The molecule has 0 aromatic rings. The van der Waals surface area contributed by atoms with Crippen LogP contribution in [0.4, 0.5) is 0 Å². The Labute approximate surface area is 92.8 Å². The van der Waals surface area contributed by atoms with Crippen molar-refractivity contribution in [2.24, 2.45) is 11.7 Å². The zero-order valence-corrected chi connectivity index (χ0v) is 9.98. The molecule has 1 aliphatic heterocycles. The number of likely N-dealkylation sites (tertiary alicyclic amines) is 1. The Morgan fingerprint density at radius 3 is 2.86 bits per heavy atom. The lowest BCUT2D eigenvalue weighted by Crippen LogP contribution is -2.22. The highest BCUT2D eigenvalue weighted by molar-refractivity contribution is 7.80. The van der Waals surface area contributed by atoms with Gasteiger partial charge in [-0.05, 0) is 44.7 Å². The highest BCUT2D eigenvalue weighted by Crippen LogP contribution is 2.19. The van der Waals surface area contributed by atoms with Crippen molar-refractivity contribution in [2.45, 2.75) is 39.0 Å². The first kappa shape index (κ1) is 11.9. The maximum absolute atomic E-state index is 5.45. The van der Waals surface area contributed by atoms with E-state index >= 15 is 0 Å². The smallest absolute Gasteiger partial charge is 0.0727 e. The molecule has 1 aliphatic rings. The van der Waals surface area contributed by atoms with E-state index in [1.54, 1.807) is 0 Å². The molecule has 0 radical (unpaired) electrons. The number of rotatable bonds is 6. The fourth-order valence-corrected chi connectivity index (χ4v) is 2.23. The third-order valence-electron chi connectivity index (χ3n) is 3.09. The van der Waals surface area contributed by atoms with Gasteiger partial charge in [0.25, 0.3) is 0 Å². The molecule has 82 valence electrons. The number of nitrogens with zero attached hydrogens (tertiary/aromatic N) is 1. The van der Waals surface area contributed by atoms with Gasteiger partial charge in [-0.2, -0.15) is 0 Å². The van der Waals surface area contributed by atoms with Gasteiger partial charge in [-0.15, -0.1) is 0 Å². The van der Waals surface area contributed by atoms with E-state index in [0.717, 1.165) is 18.8 Å². The van der Waals surface area contributed by atoms with Crippen molar-refractivity contribution in [3.63, 3.8) is 0 Å².